The van der Waals surface area contributed by atoms with Gasteiger partial charge in [-0.3, -0.25) is 0 Å². The van der Waals surface area contributed by atoms with E-state index in [1.54, 1.807) is 13.0 Å². The molecular formula is C12H15F2NO. The molecule has 2 rings (SSSR count). The van der Waals surface area contributed by atoms with E-state index in [0.29, 0.717) is 11.1 Å². The standard InChI is InChI=1S/C12H15F2NO/c1-7-5-8(12(15)3-2-4-12)6-9(10(7)16)11(13)14/h5-6,11,16H,2-4,15H2,1H3. The first-order valence-corrected chi connectivity index (χ1v) is 5.35. The van der Waals surface area contributed by atoms with Crippen molar-refractivity contribution in [1.82, 2.24) is 0 Å². The minimum absolute atomic E-state index is 0.313. The van der Waals surface area contributed by atoms with Crippen LogP contribution < -0.4 is 5.73 Å². The molecule has 0 bridgehead atoms. The van der Waals surface area contributed by atoms with E-state index in [1.807, 2.05) is 0 Å². The normalized spacial score (nSPS) is 18.6. The van der Waals surface area contributed by atoms with Crippen LogP contribution in [0.4, 0.5) is 8.78 Å². The van der Waals surface area contributed by atoms with Gasteiger partial charge in [-0.1, -0.05) is 6.07 Å². The number of benzene rings is 1. The van der Waals surface area contributed by atoms with Gasteiger partial charge in [0.2, 0.25) is 0 Å². The van der Waals surface area contributed by atoms with Gasteiger partial charge in [-0.2, -0.15) is 0 Å². The van der Waals surface area contributed by atoms with Gasteiger partial charge >= 0.3 is 0 Å². The molecule has 1 fully saturated rings. The highest BCUT2D eigenvalue weighted by molar-refractivity contribution is 5.46. The van der Waals surface area contributed by atoms with Gasteiger partial charge in [0.25, 0.3) is 6.43 Å². The summed E-state index contributed by atoms with van der Waals surface area (Å²) in [5.41, 5.74) is 6.48. The lowest BCUT2D eigenvalue weighted by molar-refractivity contribution is 0.146. The van der Waals surface area contributed by atoms with Crippen LogP contribution >= 0.6 is 0 Å². The van der Waals surface area contributed by atoms with Gasteiger partial charge in [0.15, 0.2) is 0 Å². The van der Waals surface area contributed by atoms with Crippen molar-refractivity contribution in [3.63, 3.8) is 0 Å². The predicted octanol–water partition coefficient (Wildman–Crippen LogP) is 2.98. The molecule has 4 heteroatoms. The number of aromatic hydroxyl groups is 1. The number of phenolic OH excluding ortho intramolecular Hbond substituents is 1. The molecule has 0 radical (unpaired) electrons. The van der Waals surface area contributed by atoms with Crippen LogP contribution in [0.2, 0.25) is 0 Å². The maximum absolute atomic E-state index is 12.7. The highest BCUT2D eigenvalue weighted by Crippen LogP contribution is 2.42. The quantitative estimate of drug-likeness (QED) is 0.815. The number of nitrogens with two attached hydrogens (primary N) is 1. The summed E-state index contributed by atoms with van der Waals surface area (Å²) in [6, 6.07) is 3.05. The van der Waals surface area contributed by atoms with E-state index in [4.69, 9.17) is 5.73 Å². The number of alkyl halides is 2. The molecular weight excluding hydrogens is 212 g/mol. The lowest BCUT2D eigenvalue weighted by Crippen LogP contribution is -2.43. The van der Waals surface area contributed by atoms with E-state index < -0.39 is 12.0 Å². The molecule has 1 aliphatic carbocycles. The highest BCUT2D eigenvalue weighted by atomic mass is 19.3. The fourth-order valence-electron chi connectivity index (χ4n) is 2.11. The Morgan fingerprint density at radius 3 is 2.44 bits per heavy atom. The Kier molecular flexibility index (Phi) is 2.62. The highest BCUT2D eigenvalue weighted by Gasteiger charge is 2.35. The Bertz CT molecular complexity index is 414. The minimum atomic E-state index is -2.66. The molecule has 0 saturated heterocycles. The minimum Gasteiger partial charge on any atom is -0.507 e. The smallest absolute Gasteiger partial charge is 0.267 e. The van der Waals surface area contributed by atoms with E-state index in [0.717, 1.165) is 19.3 Å². The van der Waals surface area contributed by atoms with E-state index in [2.05, 4.69) is 0 Å². The van der Waals surface area contributed by atoms with Crippen LogP contribution in [0.15, 0.2) is 12.1 Å². The molecule has 0 aliphatic heterocycles. The van der Waals surface area contributed by atoms with Crippen molar-refractivity contribution in [3.05, 3.63) is 28.8 Å². The van der Waals surface area contributed by atoms with E-state index in [-0.39, 0.29) is 11.3 Å². The van der Waals surface area contributed by atoms with Gasteiger partial charge in [-0.25, -0.2) is 8.78 Å². The topological polar surface area (TPSA) is 46.2 Å². The second-order valence-electron chi connectivity index (χ2n) is 4.54. The maximum atomic E-state index is 12.7. The summed E-state index contributed by atoms with van der Waals surface area (Å²) in [4.78, 5) is 0. The molecule has 0 spiro atoms. The van der Waals surface area contributed by atoms with E-state index in [1.165, 1.54) is 6.07 Å². The summed E-state index contributed by atoms with van der Waals surface area (Å²) in [6.45, 7) is 1.62. The average Bonchev–Trinajstić information content (AvgIpc) is 2.18. The molecule has 88 valence electrons. The molecule has 0 unspecified atom stereocenters. The van der Waals surface area contributed by atoms with Gasteiger partial charge in [0, 0.05) is 5.54 Å². The molecule has 1 aromatic carbocycles. The van der Waals surface area contributed by atoms with Crippen molar-refractivity contribution >= 4 is 0 Å². The molecule has 0 aromatic heterocycles. The van der Waals surface area contributed by atoms with Crippen LogP contribution in [-0.2, 0) is 5.54 Å². The zero-order chi connectivity index (χ0) is 11.9. The predicted molar refractivity (Wildman–Crippen MR) is 57.5 cm³/mol. The summed E-state index contributed by atoms with van der Waals surface area (Å²) in [7, 11) is 0. The largest absolute Gasteiger partial charge is 0.507 e. The van der Waals surface area contributed by atoms with Crippen LogP contribution in [0.5, 0.6) is 5.75 Å². The van der Waals surface area contributed by atoms with E-state index in [9.17, 15) is 13.9 Å². The Balaban J connectivity index is 2.48. The second-order valence-corrected chi connectivity index (χ2v) is 4.54. The number of phenols is 1. The summed E-state index contributed by atoms with van der Waals surface area (Å²) >= 11 is 0. The van der Waals surface area contributed by atoms with Crippen LogP contribution in [0.3, 0.4) is 0 Å². The van der Waals surface area contributed by atoms with E-state index >= 15 is 0 Å². The van der Waals surface area contributed by atoms with Crippen molar-refractivity contribution in [2.45, 2.75) is 38.2 Å². The molecule has 1 aliphatic rings. The van der Waals surface area contributed by atoms with Crippen molar-refractivity contribution < 1.29 is 13.9 Å². The Morgan fingerprint density at radius 1 is 1.38 bits per heavy atom. The first-order chi connectivity index (χ1) is 7.44. The fraction of sp³-hybridized carbons (Fsp3) is 0.500. The first kappa shape index (κ1) is 11.3. The van der Waals surface area contributed by atoms with Gasteiger partial charge < -0.3 is 10.8 Å². The van der Waals surface area contributed by atoms with Crippen molar-refractivity contribution in [2.24, 2.45) is 5.73 Å². The Hall–Kier alpha value is -1.16. The second kappa shape index (κ2) is 3.70. The van der Waals surface area contributed by atoms with Crippen molar-refractivity contribution in [3.8, 4) is 5.75 Å². The molecule has 3 N–H and O–H groups in total. The lowest BCUT2D eigenvalue weighted by Gasteiger charge is -2.39. The molecule has 0 atom stereocenters. The number of hydrogen-bond donors (Lipinski definition) is 2. The number of hydrogen-bond acceptors (Lipinski definition) is 2. The number of halogens is 2. The van der Waals surface area contributed by atoms with Gasteiger partial charge in [0.05, 0.1) is 5.56 Å². The average molecular weight is 227 g/mol. The molecule has 0 heterocycles. The zero-order valence-corrected chi connectivity index (χ0v) is 9.13. The molecule has 0 amide bonds. The summed E-state index contributed by atoms with van der Waals surface area (Å²) in [5.74, 6) is -0.318. The third kappa shape index (κ3) is 1.67. The SMILES string of the molecule is Cc1cc(C2(N)CCC2)cc(C(F)F)c1O. The zero-order valence-electron chi connectivity index (χ0n) is 9.13. The first-order valence-electron chi connectivity index (χ1n) is 5.35. The summed E-state index contributed by atoms with van der Waals surface area (Å²) < 4.78 is 25.4. The summed E-state index contributed by atoms with van der Waals surface area (Å²) in [6.07, 6.45) is 0.00238. The number of aryl methyl sites for hydroxylation is 1. The third-order valence-electron chi connectivity index (χ3n) is 3.39. The molecule has 1 saturated carbocycles. The summed E-state index contributed by atoms with van der Waals surface area (Å²) in [5, 5.41) is 9.53. The Labute approximate surface area is 93.1 Å². The van der Waals surface area contributed by atoms with Crippen molar-refractivity contribution in [1.29, 1.82) is 0 Å². The van der Waals surface area contributed by atoms with Crippen LogP contribution in [0, 0.1) is 6.92 Å². The molecule has 1 aromatic rings. The van der Waals surface area contributed by atoms with Crippen LogP contribution in [0.1, 0.15) is 42.4 Å². The van der Waals surface area contributed by atoms with Gasteiger partial charge in [-0.15, -0.1) is 0 Å². The van der Waals surface area contributed by atoms with Crippen LogP contribution in [-0.4, -0.2) is 5.11 Å². The van der Waals surface area contributed by atoms with Gasteiger partial charge in [-0.05, 0) is 43.4 Å². The maximum Gasteiger partial charge on any atom is 0.267 e. The fourth-order valence-corrected chi connectivity index (χ4v) is 2.11. The third-order valence-corrected chi connectivity index (χ3v) is 3.39. The molecule has 2 nitrogen and oxygen atoms in total. The lowest BCUT2D eigenvalue weighted by atomic mass is 9.72. The van der Waals surface area contributed by atoms with Crippen LogP contribution in [0.25, 0.3) is 0 Å². The van der Waals surface area contributed by atoms with Crippen molar-refractivity contribution in [2.75, 3.05) is 0 Å². The number of rotatable bonds is 2. The molecule has 16 heavy (non-hydrogen) atoms. The Morgan fingerprint density at radius 2 is 2.00 bits per heavy atom. The van der Waals surface area contributed by atoms with Gasteiger partial charge in [0.1, 0.15) is 5.75 Å². The monoisotopic (exact) mass is 227 g/mol.